The van der Waals surface area contributed by atoms with Crippen molar-refractivity contribution in [3.63, 3.8) is 0 Å². The number of benzene rings is 1. The maximum atomic E-state index is 12.1. The average Bonchev–Trinajstić information content (AvgIpc) is 2.46. The van der Waals surface area contributed by atoms with E-state index < -0.39 is 0 Å². The summed E-state index contributed by atoms with van der Waals surface area (Å²) in [7, 11) is 0. The van der Waals surface area contributed by atoms with E-state index in [-0.39, 0.29) is 11.9 Å². The molecule has 1 aromatic carbocycles. The van der Waals surface area contributed by atoms with E-state index in [9.17, 15) is 4.79 Å². The zero-order valence-electron chi connectivity index (χ0n) is 12.6. The molecular weight excluding hydrogens is 248 g/mol. The van der Waals surface area contributed by atoms with Crippen LogP contribution in [0.4, 0.5) is 0 Å². The van der Waals surface area contributed by atoms with Crippen molar-refractivity contribution in [2.75, 3.05) is 6.54 Å². The van der Waals surface area contributed by atoms with Gasteiger partial charge < -0.3 is 11.1 Å². The summed E-state index contributed by atoms with van der Waals surface area (Å²) in [6.45, 7) is 5.00. The maximum Gasteiger partial charge on any atom is 0.251 e. The lowest BCUT2D eigenvalue weighted by Crippen LogP contribution is -2.41. The second-order valence-corrected chi connectivity index (χ2v) is 6.20. The van der Waals surface area contributed by atoms with Crippen LogP contribution in [0.3, 0.4) is 0 Å². The molecule has 0 spiro atoms. The Kier molecular flexibility index (Phi) is 5.18. The second-order valence-electron chi connectivity index (χ2n) is 6.20. The predicted octanol–water partition coefficient (Wildman–Crippen LogP) is 3.06. The predicted molar refractivity (Wildman–Crippen MR) is 82.8 cm³/mol. The Morgan fingerprint density at radius 3 is 2.50 bits per heavy atom. The van der Waals surface area contributed by atoms with E-state index in [4.69, 9.17) is 5.73 Å². The van der Waals surface area contributed by atoms with E-state index >= 15 is 0 Å². The van der Waals surface area contributed by atoms with Gasteiger partial charge in [0.05, 0.1) is 0 Å². The Bertz CT molecular complexity index is 439. The maximum absolute atomic E-state index is 12.1. The van der Waals surface area contributed by atoms with Crippen molar-refractivity contribution in [1.29, 1.82) is 0 Å². The smallest absolute Gasteiger partial charge is 0.251 e. The third-order valence-corrected chi connectivity index (χ3v) is 4.33. The first kappa shape index (κ1) is 15.0. The zero-order valence-corrected chi connectivity index (χ0v) is 12.6. The third kappa shape index (κ3) is 3.83. The molecule has 0 radical (unpaired) electrons. The van der Waals surface area contributed by atoms with Gasteiger partial charge in [0.25, 0.3) is 5.91 Å². The van der Waals surface area contributed by atoms with Gasteiger partial charge in [-0.2, -0.15) is 0 Å². The number of nitrogens with two attached hydrogens (primary N) is 1. The molecule has 2 unspecified atom stereocenters. The lowest BCUT2D eigenvalue weighted by atomic mass is 9.85. The van der Waals surface area contributed by atoms with Crippen LogP contribution in [0.2, 0.25) is 0 Å². The molecule has 3 nitrogen and oxygen atoms in total. The number of hydrogen-bond donors (Lipinski definition) is 2. The normalized spacial score (nSPS) is 22.8. The summed E-state index contributed by atoms with van der Waals surface area (Å²) >= 11 is 0. The Morgan fingerprint density at radius 2 is 1.90 bits per heavy atom. The topological polar surface area (TPSA) is 55.1 Å². The van der Waals surface area contributed by atoms with Crippen LogP contribution < -0.4 is 11.1 Å². The van der Waals surface area contributed by atoms with Gasteiger partial charge in [0.1, 0.15) is 0 Å². The van der Waals surface area contributed by atoms with Crippen molar-refractivity contribution in [3.05, 3.63) is 35.4 Å². The highest BCUT2D eigenvalue weighted by atomic mass is 16.1. The summed E-state index contributed by atoms with van der Waals surface area (Å²) in [5.74, 6) is 0.938. The molecule has 1 aliphatic rings. The average molecular weight is 274 g/mol. The molecule has 1 aliphatic carbocycles. The summed E-state index contributed by atoms with van der Waals surface area (Å²) in [6, 6.07) is 8.13. The van der Waals surface area contributed by atoms with Crippen LogP contribution in [-0.2, 0) is 0 Å². The van der Waals surface area contributed by atoms with Gasteiger partial charge in [0.2, 0.25) is 0 Å². The van der Waals surface area contributed by atoms with Crippen molar-refractivity contribution < 1.29 is 4.79 Å². The number of nitrogens with one attached hydrogen (secondary N) is 1. The molecule has 2 atom stereocenters. The zero-order chi connectivity index (χ0) is 14.5. The summed E-state index contributed by atoms with van der Waals surface area (Å²) in [5.41, 5.74) is 8.10. The molecule has 1 fully saturated rings. The fraction of sp³-hybridized carbons (Fsp3) is 0.588. The largest absolute Gasteiger partial charge is 0.352 e. The molecular formula is C17H26N2O. The first-order valence-corrected chi connectivity index (χ1v) is 7.71. The van der Waals surface area contributed by atoms with Crippen molar-refractivity contribution in [1.82, 2.24) is 5.32 Å². The van der Waals surface area contributed by atoms with Crippen LogP contribution in [0.15, 0.2) is 24.3 Å². The SMILES string of the molecule is CC(C)c1ccc(C(=O)NCC2CCCCC2N)cc1. The van der Waals surface area contributed by atoms with E-state index in [1.54, 1.807) is 0 Å². The first-order valence-electron chi connectivity index (χ1n) is 7.71. The molecule has 0 saturated heterocycles. The summed E-state index contributed by atoms with van der Waals surface area (Å²) in [4.78, 5) is 12.1. The van der Waals surface area contributed by atoms with Crippen LogP contribution in [0.1, 0.15) is 61.4 Å². The number of rotatable bonds is 4. The van der Waals surface area contributed by atoms with E-state index in [1.165, 1.54) is 18.4 Å². The fourth-order valence-electron chi connectivity index (χ4n) is 2.84. The van der Waals surface area contributed by atoms with Crippen LogP contribution in [0.25, 0.3) is 0 Å². The molecule has 1 amide bonds. The summed E-state index contributed by atoms with van der Waals surface area (Å²) in [5, 5.41) is 3.03. The third-order valence-electron chi connectivity index (χ3n) is 4.33. The highest BCUT2D eigenvalue weighted by molar-refractivity contribution is 5.94. The van der Waals surface area contributed by atoms with Gasteiger partial charge in [0, 0.05) is 18.2 Å². The molecule has 20 heavy (non-hydrogen) atoms. The lowest BCUT2D eigenvalue weighted by molar-refractivity contribution is 0.0941. The lowest BCUT2D eigenvalue weighted by Gasteiger charge is -2.28. The Hall–Kier alpha value is -1.35. The van der Waals surface area contributed by atoms with Gasteiger partial charge >= 0.3 is 0 Å². The van der Waals surface area contributed by atoms with E-state index in [0.29, 0.717) is 18.4 Å². The Morgan fingerprint density at radius 1 is 1.25 bits per heavy atom. The van der Waals surface area contributed by atoms with Crippen molar-refractivity contribution in [2.45, 2.75) is 51.5 Å². The molecule has 0 aromatic heterocycles. The van der Waals surface area contributed by atoms with E-state index in [2.05, 4.69) is 19.2 Å². The molecule has 3 heteroatoms. The molecule has 110 valence electrons. The minimum atomic E-state index is 0.0121. The number of amides is 1. The number of carbonyl (C=O) groups is 1. The van der Waals surface area contributed by atoms with Crippen LogP contribution in [-0.4, -0.2) is 18.5 Å². The molecule has 3 N–H and O–H groups in total. The minimum Gasteiger partial charge on any atom is -0.352 e. The summed E-state index contributed by atoms with van der Waals surface area (Å²) in [6.07, 6.45) is 4.68. The van der Waals surface area contributed by atoms with Crippen LogP contribution in [0, 0.1) is 5.92 Å². The quantitative estimate of drug-likeness (QED) is 0.886. The molecule has 1 saturated carbocycles. The number of carbonyl (C=O) groups excluding carboxylic acids is 1. The van der Waals surface area contributed by atoms with Crippen LogP contribution in [0.5, 0.6) is 0 Å². The van der Waals surface area contributed by atoms with Crippen molar-refractivity contribution >= 4 is 5.91 Å². The molecule has 1 aromatic rings. The molecule has 0 aliphatic heterocycles. The number of hydrogen-bond acceptors (Lipinski definition) is 2. The first-order chi connectivity index (χ1) is 9.58. The van der Waals surface area contributed by atoms with Crippen molar-refractivity contribution in [3.8, 4) is 0 Å². The van der Waals surface area contributed by atoms with Crippen molar-refractivity contribution in [2.24, 2.45) is 11.7 Å². The highest BCUT2D eigenvalue weighted by Gasteiger charge is 2.22. The van der Waals surface area contributed by atoms with Crippen LogP contribution >= 0.6 is 0 Å². The minimum absolute atomic E-state index is 0.0121. The van der Waals surface area contributed by atoms with Gasteiger partial charge in [-0.25, -0.2) is 0 Å². The fourth-order valence-corrected chi connectivity index (χ4v) is 2.84. The molecule has 2 rings (SSSR count). The van der Waals surface area contributed by atoms with E-state index in [1.807, 2.05) is 24.3 Å². The van der Waals surface area contributed by atoms with E-state index in [0.717, 1.165) is 18.4 Å². The van der Waals surface area contributed by atoms with Gasteiger partial charge in [-0.3, -0.25) is 4.79 Å². The molecule has 0 bridgehead atoms. The van der Waals surface area contributed by atoms with Gasteiger partial charge in [-0.15, -0.1) is 0 Å². The van der Waals surface area contributed by atoms with Gasteiger partial charge in [0.15, 0.2) is 0 Å². The van der Waals surface area contributed by atoms with Gasteiger partial charge in [-0.05, 0) is 42.4 Å². The molecule has 0 heterocycles. The highest BCUT2D eigenvalue weighted by Crippen LogP contribution is 2.22. The standard InChI is InChI=1S/C17H26N2O/c1-12(2)13-7-9-14(10-8-13)17(20)19-11-15-5-3-4-6-16(15)18/h7-10,12,15-16H,3-6,11,18H2,1-2H3,(H,19,20). The Balaban J connectivity index is 1.88. The Labute approximate surface area is 121 Å². The van der Waals surface area contributed by atoms with Gasteiger partial charge in [-0.1, -0.05) is 38.8 Å². The monoisotopic (exact) mass is 274 g/mol. The second kappa shape index (κ2) is 6.89. The summed E-state index contributed by atoms with van der Waals surface area (Å²) < 4.78 is 0.